The standard InChI is InChI=1S/C35H29N3O2S/c1-23-10-9-11-26(18-23)21-36-22-27(30-14-7-8-15-32(30)36)20-31-33(39)37(28-12-5-4-6-13-28)35(41)38(34(31)40)29-17-16-24(2)25(3)19-29/h4-20,22H,21H2,1-3H3/b31-20-. The smallest absolute Gasteiger partial charge is 0.270 e. The predicted molar refractivity (Wildman–Crippen MR) is 170 cm³/mol. The van der Waals surface area contributed by atoms with Gasteiger partial charge in [0, 0.05) is 29.2 Å². The van der Waals surface area contributed by atoms with Gasteiger partial charge in [0.05, 0.1) is 11.4 Å². The van der Waals surface area contributed by atoms with Gasteiger partial charge in [0.25, 0.3) is 11.8 Å². The molecule has 0 spiro atoms. The van der Waals surface area contributed by atoms with Gasteiger partial charge in [0.2, 0.25) is 0 Å². The first kappa shape index (κ1) is 26.4. The monoisotopic (exact) mass is 555 g/mol. The highest BCUT2D eigenvalue weighted by Gasteiger charge is 2.41. The number of para-hydroxylation sites is 2. The number of hydrogen-bond donors (Lipinski definition) is 0. The average molecular weight is 556 g/mol. The van der Waals surface area contributed by atoms with Crippen molar-refractivity contribution in [3.63, 3.8) is 0 Å². The summed E-state index contributed by atoms with van der Waals surface area (Å²) in [6.07, 6.45) is 3.73. The van der Waals surface area contributed by atoms with Gasteiger partial charge in [-0.3, -0.25) is 19.4 Å². The molecule has 41 heavy (non-hydrogen) atoms. The van der Waals surface area contributed by atoms with Crippen LogP contribution in [-0.4, -0.2) is 21.5 Å². The molecule has 0 radical (unpaired) electrons. The minimum Gasteiger partial charge on any atom is -0.342 e. The molecule has 0 N–H and O–H groups in total. The third-order valence-electron chi connectivity index (χ3n) is 7.57. The SMILES string of the molecule is Cc1cccc(Cn2cc(/C=C3/C(=O)N(c4ccccc4)C(=S)N(c4ccc(C)c(C)c4)C3=O)c3ccccc32)c1. The number of thiocarbonyl (C=S) groups is 1. The molecule has 4 aromatic carbocycles. The van der Waals surface area contributed by atoms with E-state index >= 15 is 0 Å². The Morgan fingerprint density at radius 2 is 1.41 bits per heavy atom. The van der Waals surface area contributed by atoms with Crippen LogP contribution >= 0.6 is 12.2 Å². The highest BCUT2D eigenvalue weighted by atomic mass is 32.1. The number of aromatic nitrogens is 1. The third kappa shape index (κ3) is 4.87. The number of nitrogens with zero attached hydrogens (tertiary/aromatic N) is 3. The van der Waals surface area contributed by atoms with Crippen LogP contribution in [0.25, 0.3) is 17.0 Å². The Balaban J connectivity index is 1.50. The Hall–Kier alpha value is -4.81. The normalized spacial score (nSPS) is 14.9. The van der Waals surface area contributed by atoms with Crippen LogP contribution in [0.1, 0.15) is 27.8 Å². The molecule has 1 saturated heterocycles. The second-order valence-electron chi connectivity index (χ2n) is 10.4. The first-order valence-electron chi connectivity index (χ1n) is 13.5. The largest absolute Gasteiger partial charge is 0.342 e. The van der Waals surface area contributed by atoms with E-state index in [9.17, 15) is 9.59 Å². The first-order valence-corrected chi connectivity index (χ1v) is 13.9. The van der Waals surface area contributed by atoms with Crippen LogP contribution in [-0.2, 0) is 16.1 Å². The molecule has 0 bridgehead atoms. The fourth-order valence-electron chi connectivity index (χ4n) is 5.31. The van der Waals surface area contributed by atoms with E-state index in [1.54, 1.807) is 6.08 Å². The van der Waals surface area contributed by atoms with Crippen molar-refractivity contribution in [3.8, 4) is 0 Å². The third-order valence-corrected chi connectivity index (χ3v) is 7.93. The summed E-state index contributed by atoms with van der Waals surface area (Å²) >= 11 is 5.80. The van der Waals surface area contributed by atoms with Crippen molar-refractivity contribution < 1.29 is 9.59 Å². The Morgan fingerprint density at radius 1 is 0.707 bits per heavy atom. The van der Waals surface area contributed by atoms with Crippen LogP contribution in [0.5, 0.6) is 0 Å². The zero-order valence-electron chi connectivity index (χ0n) is 23.2. The van der Waals surface area contributed by atoms with E-state index in [4.69, 9.17) is 12.2 Å². The van der Waals surface area contributed by atoms with Gasteiger partial charge < -0.3 is 4.57 Å². The van der Waals surface area contributed by atoms with E-state index in [0.717, 1.165) is 27.6 Å². The zero-order chi connectivity index (χ0) is 28.7. The lowest BCUT2D eigenvalue weighted by molar-refractivity contribution is -0.120. The molecule has 0 unspecified atom stereocenters. The molecule has 0 aliphatic carbocycles. The van der Waals surface area contributed by atoms with Gasteiger partial charge in [-0.1, -0.05) is 72.3 Å². The molecule has 6 rings (SSSR count). The number of anilines is 2. The van der Waals surface area contributed by atoms with Crippen LogP contribution in [0.3, 0.4) is 0 Å². The molecule has 5 aromatic rings. The Kier molecular flexibility index (Phi) is 6.85. The van der Waals surface area contributed by atoms with Crippen LogP contribution in [0.15, 0.2) is 109 Å². The van der Waals surface area contributed by atoms with E-state index in [2.05, 4.69) is 41.8 Å². The number of benzene rings is 4. The summed E-state index contributed by atoms with van der Waals surface area (Å²) in [5.41, 5.74) is 7.63. The minimum absolute atomic E-state index is 0.0548. The predicted octanol–water partition coefficient (Wildman–Crippen LogP) is 7.36. The molecular weight excluding hydrogens is 526 g/mol. The highest BCUT2D eigenvalue weighted by molar-refractivity contribution is 7.81. The van der Waals surface area contributed by atoms with Crippen molar-refractivity contribution >= 4 is 57.5 Å². The van der Waals surface area contributed by atoms with Gasteiger partial charge in [-0.2, -0.15) is 0 Å². The topological polar surface area (TPSA) is 45.6 Å². The second kappa shape index (κ2) is 10.6. The van der Waals surface area contributed by atoms with Gasteiger partial charge in [0.1, 0.15) is 5.57 Å². The van der Waals surface area contributed by atoms with E-state index < -0.39 is 11.8 Å². The fraction of sp³-hybridized carbons (Fsp3) is 0.114. The fourth-order valence-corrected chi connectivity index (χ4v) is 5.69. The molecule has 5 nitrogen and oxygen atoms in total. The number of amides is 2. The molecule has 1 fully saturated rings. The maximum atomic E-state index is 14.1. The summed E-state index contributed by atoms with van der Waals surface area (Å²) in [7, 11) is 0. The van der Waals surface area contributed by atoms with Crippen LogP contribution in [0, 0.1) is 20.8 Å². The van der Waals surface area contributed by atoms with Crippen molar-refractivity contribution in [1.82, 2.24) is 4.57 Å². The minimum atomic E-state index is -0.443. The van der Waals surface area contributed by atoms with Crippen molar-refractivity contribution in [2.24, 2.45) is 0 Å². The van der Waals surface area contributed by atoms with Gasteiger partial charge in [-0.05, 0) is 86.1 Å². The van der Waals surface area contributed by atoms with Crippen molar-refractivity contribution in [2.75, 3.05) is 9.80 Å². The first-order chi connectivity index (χ1) is 19.8. The highest BCUT2D eigenvalue weighted by Crippen LogP contribution is 2.32. The van der Waals surface area contributed by atoms with Crippen LogP contribution in [0.4, 0.5) is 11.4 Å². The number of hydrogen-bond acceptors (Lipinski definition) is 3. The lowest BCUT2D eigenvalue weighted by Crippen LogP contribution is -2.57. The summed E-state index contributed by atoms with van der Waals surface area (Å²) in [5, 5.41) is 1.10. The maximum absolute atomic E-state index is 14.1. The van der Waals surface area contributed by atoms with Crippen LogP contribution < -0.4 is 9.80 Å². The van der Waals surface area contributed by atoms with E-state index in [1.165, 1.54) is 20.9 Å². The molecule has 202 valence electrons. The summed E-state index contributed by atoms with van der Waals surface area (Å²) < 4.78 is 2.16. The van der Waals surface area contributed by atoms with Gasteiger partial charge in [-0.25, -0.2) is 0 Å². The van der Waals surface area contributed by atoms with Crippen molar-refractivity contribution in [3.05, 3.63) is 137 Å². The summed E-state index contributed by atoms with van der Waals surface area (Å²) in [6.45, 7) is 6.77. The molecule has 2 amide bonds. The lowest BCUT2D eigenvalue weighted by atomic mass is 10.0. The molecule has 1 aliphatic rings. The molecule has 0 atom stereocenters. The van der Waals surface area contributed by atoms with Gasteiger partial charge in [0.15, 0.2) is 5.11 Å². The molecule has 1 aromatic heterocycles. The van der Waals surface area contributed by atoms with Gasteiger partial charge in [-0.15, -0.1) is 0 Å². The maximum Gasteiger partial charge on any atom is 0.270 e. The molecule has 6 heteroatoms. The Bertz CT molecular complexity index is 1870. The van der Waals surface area contributed by atoms with E-state index in [1.807, 2.05) is 86.8 Å². The quantitative estimate of drug-likeness (QED) is 0.129. The number of aryl methyl sites for hydroxylation is 3. The lowest BCUT2D eigenvalue weighted by Gasteiger charge is -2.36. The molecule has 0 saturated carbocycles. The summed E-state index contributed by atoms with van der Waals surface area (Å²) in [4.78, 5) is 31.1. The van der Waals surface area contributed by atoms with E-state index in [0.29, 0.717) is 17.9 Å². The summed E-state index contributed by atoms with van der Waals surface area (Å²) in [6, 6.07) is 31.5. The second-order valence-corrected chi connectivity index (χ2v) is 10.8. The molecule has 1 aliphatic heterocycles. The Morgan fingerprint density at radius 3 is 2.15 bits per heavy atom. The molecular formula is C35H29N3O2S. The number of carbonyl (C=O) groups excluding carboxylic acids is 2. The zero-order valence-corrected chi connectivity index (χ0v) is 24.0. The molecule has 2 heterocycles. The number of rotatable bonds is 5. The van der Waals surface area contributed by atoms with Gasteiger partial charge >= 0.3 is 0 Å². The van der Waals surface area contributed by atoms with Crippen molar-refractivity contribution in [2.45, 2.75) is 27.3 Å². The number of carbonyl (C=O) groups is 2. The van der Waals surface area contributed by atoms with Crippen LogP contribution in [0.2, 0.25) is 0 Å². The van der Waals surface area contributed by atoms with Crippen molar-refractivity contribution in [1.29, 1.82) is 0 Å². The average Bonchev–Trinajstić information content (AvgIpc) is 3.30. The Labute approximate surface area is 244 Å². The number of fused-ring (bicyclic) bond motifs is 1. The van der Waals surface area contributed by atoms with E-state index in [-0.39, 0.29) is 10.7 Å². The summed E-state index contributed by atoms with van der Waals surface area (Å²) in [5.74, 6) is -0.882.